The van der Waals surface area contributed by atoms with Gasteiger partial charge in [-0.1, -0.05) is 6.07 Å². The lowest BCUT2D eigenvalue weighted by Crippen LogP contribution is -2.51. The van der Waals surface area contributed by atoms with Crippen molar-refractivity contribution in [2.45, 2.75) is 50.8 Å². The van der Waals surface area contributed by atoms with Crippen LogP contribution >= 0.6 is 0 Å². The zero-order chi connectivity index (χ0) is 29.3. The average molecular weight is 576 g/mol. The first-order valence-electron chi connectivity index (χ1n) is 13.0. The fourth-order valence-electron chi connectivity index (χ4n) is 5.07. The monoisotopic (exact) mass is 575 g/mol. The van der Waals surface area contributed by atoms with E-state index in [-0.39, 0.29) is 35.4 Å². The Morgan fingerprint density at radius 1 is 1.05 bits per heavy atom. The molecule has 0 radical (unpaired) electrons. The number of nitrogens with zero attached hydrogens (tertiary/aromatic N) is 2. The number of benzene rings is 2. The van der Waals surface area contributed by atoms with Crippen LogP contribution in [0.1, 0.15) is 35.7 Å². The quantitative estimate of drug-likeness (QED) is 0.281. The van der Waals surface area contributed by atoms with Gasteiger partial charge in [0.05, 0.1) is 29.6 Å². The van der Waals surface area contributed by atoms with Gasteiger partial charge >= 0.3 is 6.36 Å². The SMILES string of the molecule is CC(C(=O)Nc1cc(C(=O)Cc2ccc(-c3cc(F)cc(F)c3)nc2)ccc1OC(F)(F)F)N1CC2CCC(C1)O2. The third-order valence-corrected chi connectivity index (χ3v) is 7.13. The molecule has 3 aromatic rings. The number of pyridine rings is 1. The number of halogens is 5. The molecule has 2 aromatic carbocycles. The second-order valence-corrected chi connectivity index (χ2v) is 10.1. The highest BCUT2D eigenvalue weighted by Gasteiger charge is 2.38. The van der Waals surface area contributed by atoms with E-state index in [1.54, 1.807) is 13.0 Å². The number of amides is 1. The number of likely N-dealkylation sites (tertiary alicyclic amines) is 1. The largest absolute Gasteiger partial charge is 0.573 e. The molecule has 0 saturated carbocycles. The molecule has 0 aliphatic carbocycles. The van der Waals surface area contributed by atoms with Gasteiger partial charge < -0.3 is 14.8 Å². The number of anilines is 1. The number of fused-ring (bicyclic) bond motifs is 2. The number of nitrogens with one attached hydrogen (secondary N) is 1. The molecular formula is C29H26F5N3O4. The van der Waals surface area contributed by atoms with E-state index < -0.39 is 41.5 Å². The van der Waals surface area contributed by atoms with Crippen molar-refractivity contribution < 1.29 is 41.0 Å². The third kappa shape index (κ3) is 7.06. The molecule has 0 spiro atoms. The van der Waals surface area contributed by atoms with Crippen molar-refractivity contribution in [2.24, 2.45) is 0 Å². The lowest BCUT2D eigenvalue weighted by molar-refractivity contribution is -0.274. The number of alkyl halides is 3. The van der Waals surface area contributed by atoms with Crippen molar-refractivity contribution in [3.05, 3.63) is 77.5 Å². The molecule has 5 rings (SSSR count). The van der Waals surface area contributed by atoms with E-state index in [9.17, 15) is 31.5 Å². The number of aromatic nitrogens is 1. The Hall–Kier alpha value is -3.90. The van der Waals surface area contributed by atoms with Crippen LogP contribution in [0.15, 0.2) is 54.7 Å². The molecule has 3 heterocycles. The van der Waals surface area contributed by atoms with Gasteiger partial charge in [0.15, 0.2) is 11.5 Å². The standard InChI is InChI=1S/C29H26F5N3O4/c1-16(37-14-22-4-5-23(15-37)40-22)28(39)36-25-11-18(3-7-27(25)41-29(32,33)34)26(38)8-17-2-6-24(35-13-17)19-9-20(30)12-21(31)10-19/h2-3,6-7,9-13,16,22-23H,4-5,8,14-15H2,1H3,(H,36,39). The topological polar surface area (TPSA) is 80.8 Å². The van der Waals surface area contributed by atoms with Crippen molar-refractivity contribution in [3.8, 4) is 17.0 Å². The molecule has 1 aromatic heterocycles. The van der Waals surface area contributed by atoms with E-state index >= 15 is 0 Å². The normalized spacial score (nSPS) is 19.6. The summed E-state index contributed by atoms with van der Waals surface area (Å²) in [5, 5.41) is 2.50. The second-order valence-electron chi connectivity index (χ2n) is 10.1. The summed E-state index contributed by atoms with van der Waals surface area (Å²) in [7, 11) is 0. The lowest BCUT2D eigenvalue weighted by Gasteiger charge is -2.35. The van der Waals surface area contributed by atoms with Crippen LogP contribution in [-0.4, -0.2) is 59.3 Å². The van der Waals surface area contributed by atoms with E-state index in [0.29, 0.717) is 24.3 Å². The van der Waals surface area contributed by atoms with Crippen LogP contribution in [-0.2, 0) is 16.0 Å². The number of carbonyl (C=O) groups is 2. The van der Waals surface area contributed by atoms with Crippen LogP contribution in [0, 0.1) is 11.6 Å². The summed E-state index contributed by atoms with van der Waals surface area (Å²) in [4.78, 5) is 32.2. The summed E-state index contributed by atoms with van der Waals surface area (Å²) in [5.74, 6) is -3.16. The van der Waals surface area contributed by atoms with Crippen LogP contribution in [0.4, 0.5) is 27.6 Å². The summed E-state index contributed by atoms with van der Waals surface area (Å²) < 4.78 is 76.2. The van der Waals surface area contributed by atoms with E-state index in [1.165, 1.54) is 18.3 Å². The van der Waals surface area contributed by atoms with Gasteiger partial charge in [0.2, 0.25) is 5.91 Å². The summed E-state index contributed by atoms with van der Waals surface area (Å²) in [5.41, 5.74) is 0.735. The maximum atomic E-state index is 13.5. The highest BCUT2D eigenvalue weighted by molar-refractivity contribution is 6.01. The van der Waals surface area contributed by atoms with Gasteiger partial charge in [-0.15, -0.1) is 13.2 Å². The van der Waals surface area contributed by atoms with Crippen LogP contribution in [0.2, 0.25) is 0 Å². The number of ketones is 1. The fourth-order valence-corrected chi connectivity index (χ4v) is 5.07. The Kier molecular flexibility index (Phi) is 8.05. The highest BCUT2D eigenvalue weighted by atomic mass is 19.4. The number of ether oxygens (including phenoxy) is 2. The Morgan fingerprint density at radius 2 is 1.73 bits per heavy atom. The Morgan fingerprint density at radius 3 is 2.34 bits per heavy atom. The average Bonchev–Trinajstić information content (AvgIpc) is 3.25. The van der Waals surface area contributed by atoms with Gasteiger partial charge in [-0.2, -0.15) is 0 Å². The summed E-state index contributed by atoms with van der Waals surface area (Å²) >= 11 is 0. The number of carbonyl (C=O) groups excluding carboxylic acids is 2. The number of rotatable bonds is 8. The van der Waals surface area contributed by atoms with Crippen molar-refractivity contribution in [1.82, 2.24) is 9.88 Å². The number of Topliss-reactive ketones (excluding diaryl/α,β-unsaturated/α-hetero) is 1. The van der Waals surface area contributed by atoms with Crippen LogP contribution in [0.5, 0.6) is 5.75 Å². The van der Waals surface area contributed by atoms with Gasteiger partial charge in [-0.3, -0.25) is 19.5 Å². The Bertz CT molecular complexity index is 1420. The Labute approximate surface area is 232 Å². The molecule has 3 atom stereocenters. The molecule has 7 nitrogen and oxygen atoms in total. The molecule has 2 saturated heterocycles. The molecule has 2 aliphatic rings. The molecule has 1 N–H and O–H groups in total. The van der Waals surface area contributed by atoms with Gasteiger partial charge in [-0.05, 0) is 61.7 Å². The van der Waals surface area contributed by atoms with Gasteiger partial charge in [0.25, 0.3) is 0 Å². The summed E-state index contributed by atoms with van der Waals surface area (Å²) in [6.07, 6.45) is -1.98. The molecule has 2 bridgehead atoms. The first kappa shape index (κ1) is 28.6. The third-order valence-electron chi connectivity index (χ3n) is 7.13. The van der Waals surface area contributed by atoms with E-state index in [0.717, 1.165) is 43.2 Å². The maximum Gasteiger partial charge on any atom is 0.573 e. The molecule has 3 unspecified atom stereocenters. The molecule has 216 valence electrons. The minimum absolute atomic E-state index is 0.0210. The summed E-state index contributed by atoms with van der Waals surface area (Å²) in [6.45, 7) is 2.74. The van der Waals surface area contributed by atoms with Crippen LogP contribution in [0.3, 0.4) is 0 Å². The zero-order valence-electron chi connectivity index (χ0n) is 21.9. The zero-order valence-corrected chi connectivity index (χ0v) is 21.9. The molecule has 1 amide bonds. The van der Waals surface area contributed by atoms with E-state index in [4.69, 9.17) is 4.74 Å². The minimum Gasteiger partial charge on any atom is -0.404 e. The predicted octanol–water partition coefficient (Wildman–Crippen LogP) is 5.54. The summed E-state index contributed by atoms with van der Waals surface area (Å²) in [6, 6.07) is 8.71. The van der Waals surface area contributed by atoms with Crippen molar-refractivity contribution in [3.63, 3.8) is 0 Å². The minimum atomic E-state index is -5.02. The lowest BCUT2D eigenvalue weighted by atomic mass is 10.0. The van der Waals surface area contributed by atoms with Crippen molar-refractivity contribution in [2.75, 3.05) is 18.4 Å². The number of hydrogen-bond donors (Lipinski definition) is 1. The molecule has 41 heavy (non-hydrogen) atoms. The van der Waals surface area contributed by atoms with Crippen LogP contribution in [0.25, 0.3) is 11.3 Å². The Balaban J connectivity index is 1.31. The number of morpholine rings is 1. The smallest absolute Gasteiger partial charge is 0.404 e. The van der Waals surface area contributed by atoms with Crippen molar-refractivity contribution >= 4 is 17.4 Å². The van der Waals surface area contributed by atoms with Gasteiger partial charge in [-0.25, -0.2) is 8.78 Å². The predicted molar refractivity (Wildman–Crippen MR) is 138 cm³/mol. The van der Waals surface area contributed by atoms with Gasteiger partial charge in [0, 0.05) is 42.9 Å². The maximum absolute atomic E-state index is 13.5. The van der Waals surface area contributed by atoms with E-state index in [2.05, 4.69) is 15.0 Å². The van der Waals surface area contributed by atoms with Gasteiger partial charge in [0.1, 0.15) is 11.6 Å². The molecule has 2 aliphatic heterocycles. The number of hydrogen-bond acceptors (Lipinski definition) is 6. The molecule has 2 fully saturated rings. The van der Waals surface area contributed by atoms with Crippen LogP contribution < -0.4 is 10.1 Å². The van der Waals surface area contributed by atoms with Crippen molar-refractivity contribution in [1.29, 1.82) is 0 Å². The second kappa shape index (κ2) is 11.5. The molecule has 12 heteroatoms. The highest BCUT2D eigenvalue weighted by Crippen LogP contribution is 2.33. The fraction of sp³-hybridized carbons (Fsp3) is 0.345. The van der Waals surface area contributed by atoms with E-state index in [1.807, 2.05) is 4.90 Å². The first-order valence-corrected chi connectivity index (χ1v) is 13.0. The first-order chi connectivity index (χ1) is 19.4. The molecular weight excluding hydrogens is 549 g/mol.